The first-order valence-electron chi connectivity index (χ1n) is 7.38. The van der Waals surface area contributed by atoms with Crippen LogP contribution in [0.5, 0.6) is 0 Å². The van der Waals surface area contributed by atoms with Crippen molar-refractivity contribution < 1.29 is 14.7 Å². The molecule has 1 N–H and O–H groups in total. The summed E-state index contributed by atoms with van der Waals surface area (Å²) in [5, 5.41) is 8.84. The zero-order valence-electron chi connectivity index (χ0n) is 11.3. The first kappa shape index (κ1) is 12.9. The average molecular weight is 266 g/mol. The number of aliphatic hydroxyl groups excluding tert-OH is 1. The van der Waals surface area contributed by atoms with Gasteiger partial charge in [0.25, 0.3) is 0 Å². The third kappa shape index (κ3) is 2.76. The molecule has 0 spiro atoms. The third-order valence-corrected chi connectivity index (χ3v) is 4.62. The summed E-state index contributed by atoms with van der Waals surface area (Å²) in [5.74, 6) is 1.63. The van der Waals surface area contributed by atoms with Crippen molar-refractivity contribution >= 4 is 11.8 Å². The maximum atomic E-state index is 12.6. The number of hydrogen-bond donors (Lipinski definition) is 1. The lowest BCUT2D eigenvalue weighted by molar-refractivity contribution is -0.144. The molecule has 0 bridgehead atoms. The van der Waals surface area contributed by atoms with Gasteiger partial charge in [0.15, 0.2) is 0 Å². The van der Waals surface area contributed by atoms with Crippen LogP contribution in [0.2, 0.25) is 0 Å². The minimum absolute atomic E-state index is 0.229. The van der Waals surface area contributed by atoms with E-state index >= 15 is 0 Å². The van der Waals surface area contributed by atoms with Gasteiger partial charge in [-0.3, -0.25) is 9.59 Å². The van der Waals surface area contributed by atoms with Crippen LogP contribution in [0.3, 0.4) is 0 Å². The van der Waals surface area contributed by atoms with Crippen molar-refractivity contribution in [2.45, 2.75) is 25.7 Å². The van der Waals surface area contributed by atoms with E-state index in [9.17, 15) is 9.59 Å². The van der Waals surface area contributed by atoms with Crippen LogP contribution in [0.1, 0.15) is 25.7 Å². The van der Waals surface area contributed by atoms with Crippen LogP contribution < -0.4 is 0 Å². The summed E-state index contributed by atoms with van der Waals surface area (Å²) in [4.78, 5) is 27.5. The van der Waals surface area contributed by atoms with E-state index < -0.39 is 6.61 Å². The molecular formula is C14H22N2O3. The van der Waals surface area contributed by atoms with Gasteiger partial charge in [-0.25, -0.2) is 0 Å². The van der Waals surface area contributed by atoms with Crippen molar-refractivity contribution in [1.29, 1.82) is 0 Å². The summed E-state index contributed by atoms with van der Waals surface area (Å²) in [6.07, 6.45) is 4.87. The molecule has 19 heavy (non-hydrogen) atoms. The van der Waals surface area contributed by atoms with Gasteiger partial charge in [0, 0.05) is 32.1 Å². The summed E-state index contributed by atoms with van der Waals surface area (Å²) >= 11 is 0. The van der Waals surface area contributed by atoms with Gasteiger partial charge in [-0.05, 0) is 37.5 Å². The first-order valence-corrected chi connectivity index (χ1v) is 7.38. The molecule has 1 saturated heterocycles. The normalized spacial score (nSPS) is 23.9. The monoisotopic (exact) mass is 266 g/mol. The summed E-state index contributed by atoms with van der Waals surface area (Å²) < 4.78 is 0. The minimum atomic E-state index is -0.430. The van der Waals surface area contributed by atoms with E-state index in [1.165, 1.54) is 25.7 Å². The number of aliphatic hydroxyl groups is 1. The molecule has 5 nitrogen and oxygen atoms in total. The topological polar surface area (TPSA) is 60.9 Å². The molecular weight excluding hydrogens is 244 g/mol. The molecule has 0 unspecified atom stereocenters. The summed E-state index contributed by atoms with van der Waals surface area (Å²) in [6, 6.07) is 0. The highest BCUT2D eigenvalue weighted by molar-refractivity contribution is 5.81. The Labute approximate surface area is 113 Å². The standard InChI is InChI=1S/C14H22N2O3/c17-9-12(18)15-5-7-16(8-6-15)14(19)13(10-1-2-10)11-3-4-11/h10-11,13,17H,1-9H2. The predicted molar refractivity (Wildman–Crippen MR) is 69.2 cm³/mol. The largest absolute Gasteiger partial charge is 0.387 e. The summed E-state index contributed by atoms with van der Waals surface area (Å²) in [6.45, 7) is 1.95. The van der Waals surface area contributed by atoms with Crippen LogP contribution in [-0.4, -0.2) is 59.5 Å². The Bertz CT molecular complexity index is 357. The molecule has 2 saturated carbocycles. The number of piperazine rings is 1. The fraction of sp³-hybridized carbons (Fsp3) is 0.857. The van der Waals surface area contributed by atoms with E-state index in [-0.39, 0.29) is 11.8 Å². The van der Waals surface area contributed by atoms with Gasteiger partial charge in [0.1, 0.15) is 6.61 Å². The Morgan fingerprint density at radius 2 is 1.42 bits per heavy atom. The molecule has 1 aliphatic heterocycles. The van der Waals surface area contributed by atoms with Crippen LogP contribution in [0.15, 0.2) is 0 Å². The van der Waals surface area contributed by atoms with Crippen molar-refractivity contribution in [3.05, 3.63) is 0 Å². The van der Waals surface area contributed by atoms with Gasteiger partial charge in [0.05, 0.1) is 0 Å². The Balaban J connectivity index is 1.55. The highest BCUT2D eigenvalue weighted by Gasteiger charge is 2.47. The number of carbonyl (C=O) groups is 2. The number of rotatable bonds is 4. The quantitative estimate of drug-likeness (QED) is 0.784. The molecule has 106 valence electrons. The van der Waals surface area contributed by atoms with Crippen LogP contribution in [-0.2, 0) is 9.59 Å². The van der Waals surface area contributed by atoms with Crippen molar-refractivity contribution in [3.8, 4) is 0 Å². The molecule has 0 aromatic carbocycles. The number of hydrogen-bond acceptors (Lipinski definition) is 3. The van der Waals surface area contributed by atoms with Crippen molar-refractivity contribution in [2.24, 2.45) is 17.8 Å². The molecule has 5 heteroatoms. The number of amides is 2. The van der Waals surface area contributed by atoms with Crippen molar-refractivity contribution in [3.63, 3.8) is 0 Å². The number of nitrogens with zero attached hydrogens (tertiary/aromatic N) is 2. The van der Waals surface area contributed by atoms with Crippen molar-refractivity contribution in [1.82, 2.24) is 9.80 Å². The second-order valence-electron chi connectivity index (χ2n) is 6.06. The molecule has 0 aromatic rings. The van der Waals surface area contributed by atoms with Crippen LogP contribution in [0.4, 0.5) is 0 Å². The Morgan fingerprint density at radius 1 is 0.947 bits per heavy atom. The SMILES string of the molecule is O=C(CO)N1CCN(C(=O)C(C2CC2)C2CC2)CC1. The second-order valence-corrected chi connectivity index (χ2v) is 6.06. The summed E-state index contributed by atoms with van der Waals surface area (Å²) in [7, 11) is 0. The second kappa shape index (κ2) is 5.12. The van der Waals surface area contributed by atoms with E-state index in [1.807, 2.05) is 4.90 Å². The third-order valence-electron chi connectivity index (χ3n) is 4.62. The van der Waals surface area contributed by atoms with Gasteiger partial charge in [0.2, 0.25) is 11.8 Å². The fourth-order valence-corrected chi connectivity index (χ4v) is 3.19. The summed E-state index contributed by atoms with van der Waals surface area (Å²) in [5.41, 5.74) is 0. The van der Waals surface area contributed by atoms with Crippen LogP contribution in [0.25, 0.3) is 0 Å². The van der Waals surface area contributed by atoms with Crippen molar-refractivity contribution in [2.75, 3.05) is 32.8 Å². The smallest absolute Gasteiger partial charge is 0.248 e. The zero-order chi connectivity index (χ0) is 13.4. The highest BCUT2D eigenvalue weighted by Crippen LogP contribution is 2.49. The lowest BCUT2D eigenvalue weighted by atomic mass is 9.96. The fourth-order valence-electron chi connectivity index (χ4n) is 3.19. The van der Waals surface area contributed by atoms with E-state index in [2.05, 4.69) is 0 Å². The zero-order valence-corrected chi connectivity index (χ0v) is 11.3. The lowest BCUT2D eigenvalue weighted by Crippen LogP contribution is -2.53. The van der Waals surface area contributed by atoms with Gasteiger partial charge >= 0.3 is 0 Å². The highest BCUT2D eigenvalue weighted by atomic mass is 16.3. The molecule has 3 aliphatic rings. The van der Waals surface area contributed by atoms with E-state index in [0.29, 0.717) is 43.9 Å². The maximum Gasteiger partial charge on any atom is 0.248 e. The average Bonchev–Trinajstić information content (AvgIpc) is 3.32. The minimum Gasteiger partial charge on any atom is -0.387 e. The molecule has 2 amide bonds. The molecule has 2 aliphatic carbocycles. The van der Waals surface area contributed by atoms with Crippen LogP contribution >= 0.6 is 0 Å². The molecule has 0 aromatic heterocycles. The number of carbonyl (C=O) groups excluding carboxylic acids is 2. The molecule has 0 radical (unpaired) electrons. The Hall–Kier alpha value is -1.10. The van der Waals surface area contributed by atoms with E-state index in [4.69, 9.17) is 5.11 Å². The predicted octanol–water partition coefficient (Wildman–Crippen LogP) is 0.0857. The Morgan fingerprint density at radius 3 is 1.84 bits per heavy atom. The van der Waals surface area contributed by atoms with Gasteiger partial charge in [-0.15, -0.1) is 0 Å². The van der Waals surface area contributed by atoms with Crippen LogP contribution in [0, 0.1) is 17.8 Å². The lowest BCUT2D eigenvalue weighted by Gasteiger charge is -2.36. The molecule has 3 rings (SSSR count). The first-order chi connectivity index (χ1) is 9.20. The van der Waals surface area contributed by atoms with Gasteiger partial charge < -0.3 is 14.9 Å². The molecule has 3 fully saturated rings. The van der Waals surface area contributed by atoms with E-state index in [1.54, 1.807) is 4.90 Å². The molecule has 0 atom stereocenters. The van der Waals surface area contributed by atoms with E-state index in [0.717, 1.165) is 0 Å². The maximum absolute atomic E-state index is 12.6. The molecule has 1 heterocycles. The van der Waals surface area contributed by atoms with Gasteiger partial charge in [-0.1, -0.05) is 0 Å². The van der Waals surface area contributed by atoms with Gasteiger partial charge in [-0.2, -0.15) is 0 Å². The Kier molecular flexibility index (Phi) is 3.48.